The number of nitrogens with zero attached hydrogens (tertiary/aromatic N) is 1. The zero-order chi connectivity index (χ0) is 18.6. The van der Waals surface area contributed by atoms with E-state index in [0.717, 1.165) is 11.2 Å². The maximum atomic E-state index is 6.05. The molecule has 1 unspecified atom stereocenters. The zero-order valence-electron chi connectivity index (χ0n) is 16.5. The zero-order valence-corrected chi connectivity index (χ0v) is 17.3. The van der Waals surface area contributed by atoms with Gasteiger partial charge in [0.25, 0.3) is 0 Å². The van der Waals surface area contributed by atoms with E-state index in [4.69, 9.17) is 4.42 Å². The van der Waals surface area contributed by atoms with Crippen LogP contribution in [-0.4, -0.2) is 30.7 Å². The average molecular weight is 366 g/mol. The molecule has 1 atom stereocenters. The molecule has 2 nitrogen and oxygen atoms in total. The van der Waals surface area contributed by atoms with E-state index in [1.165, 1.54) is 32.4 Å². The largest absolute Gasteiger partial charge is 0.456 e. The quantitative estimate of drug-likeness (QED) is 0.525. The van der Waals surface area contributed by atoms with Crippen molar-refractivity contribution in [2.24, 2.45) is 0 Å². The van der Waals surface area contributed by atoms with Crippen LogP contribution in [-0.2, 0) is 0 Å². The van der Waals surface area contributed by atoms with Crippen LogP contribution in [0.4, 0.5) is 0 Å². The predicted molar refractivity (Wildman–Crippen MR) is 116 cm³/mol. The monoisotopic (exact) mass is 365 g/mol. The summed E-state index contributed by atoms with van der Waals surface area (Å²) in [7, 11) is 1.45. The lowest BCUT2D eigenvalue weighted by molar-refractivity contribution is 0.385. The Kier molecular flexibility index (Phi) is 3.96. The number of likely N-dealkylation sites (N-methyl/N-ethyl adjacent to an activating group) is 1. The molecule has 0 fully saturated rings. The molecule has 0 aliphatic carbocycles. The number of benzene rings is 2. The summed E-state index contributed by atoms with van der Waals surface area (Å²) in [5.74, 6) is 0. The molecule has 3 heteroatoms. The lowest BCUT2D eigenvalue weighted by Gasteiger charge is -2.38. The van der Waals surface area contributed by atoms with Gasteiger partial charge in [-0.3, -0.25) is 0 Å². The van der Waals surface area contributed by atoms with Crippen LogP contribution in [0.25, 0.3) is 21.9 Å². The summed E-state index contributed by atoms with van der Waals surface area (Å²) >= 11 is 0. The minimum Gasteiger partial charge on any atom is -0.456 e. The van der Waals surface area contributed by atoms with Crippen molar-refractivity contribution in [1.29, 1.82) is 0 Å². The van der Waals surface area contributed by atoms with E-state index in [0.29, 0.717) is 0 Å². The molecule has 0 saturated heterocycles. The molecule has 0 spiro atoms. The van der Waals surface area contributed by atoms with E-state index in [-0.39, 0.29) is 6.04 Å². The fourth-order valence-electron chi connectivity index (χ4n) is 3.96. The van der Waals surface area contributed by atoms with Gasteiger partial charge < -0.3 is 9.32 Å². The first kappa shape index (κ1) is 17.3. The van der Waals surface area contributed by atoms with E-state index < -0.39 is 10.0 Å². The van der Waals surface area contributed by atoms with Crippen molar-refractivity contribution in [3.63, 3.8) is 0 Å². The summed E-state index contributed by atoms with van der Waals surface area (Å²) in [6, 6.07) is 13.1. The highest BCUT2D eigenvalue weighted by molar-refractivity contribution is 8.35. The fourth-order valence-corrected chi connectivity index (χ4v) is 5.48. The van der Waals surface area contributed by atoms with Crippen LogP contribution in [0.2, 0.25) is 0 Å². The first-order valence-corrected chi connectivity index (χ1v) is 11.8. The van der Waals surface area contributed by atoms with Crippen LogP contribution in [0.3, 0.4) is 0 Å². The van der Waals surface area contributed by atoms with Crippen molar-refractivity contribution in [2.75, 3.05) is 25.8 Å². The van der Waals surface area contributed by atoms with Gasteiger partial charge in [0, 0.05) is 28.9 Å². The lowest BCUT2D eigenvalue weighted by atomic mass is 9.94. The van der Waals surface area contributed by atoms with Gasteiger partial charge in [-0.25, -0.2) is 10.0 Å². The molecule has 1 aliphatic heterocycles. The lowest BCUT2D eigenvalue weighted by Crippen LogP contribution is -2.23. The molecular formula is C23H27NOS. The number of furan rings is 1. The third kappa shape index (κ3) is 2.75. The Morgan fingerprint density at radius 3 is 2.42 bits per heavy atom. The van der Waals surface area contributed by atoms with Crippen LogP contribution in [0.15, 0.2) is 63.6 Å². The molecule has 1 aliphatic rings. The van der Waals surface area contributed by atoms with Crippen molar-refractivity contribution in [3.8, 4) is 0 Å². The fraction of sp³-hybridized carbons (Fsp3) is 0.304. The Balaban J connectivity index is 1.86. The molecule has 2 heterocycles. The van der Waals surface area contributed by atoms with E-state index in [1.54, 1.807) is 0 Å². The Morgan fingerprint density at radius 2 is 1.69 bits per heavy atom. The number of hydrogen-bond acceptors (Lipinski definition) is 2. The maximum absolute atomic E-state index is 6.05. The molecule has 0 bridgehead atoms. The molecule has 0 radical (unpaired) electrons. The minimum atomic E-state index is -0.742. The van der Waals surface area contributed by atoms with Gasteiger partial charge in [-0.2, -0.15) is 0 Å². The second kappa shape index (κ2) is 5.95. The summed E-state index contributed by atoms with van der Waals surface area (Å²) < 4.78 is 6.05. The molecule has 2 aromatic carbocycles. The molecule has 0 amide bonds. The van der Waals surface area contributed by atoms with Gasteiger partial charge in [-0.05, 0) is 67.5 Å². The standard InChI is InChI=1S/C23H27NOS/c1-15-12-22-19(17-9-7-8-10-21(17)25-22)13-18(15)20-11-16(2)23(14-24(20)3)26(4,5)6/h7-14,20H,1-6H3. The van der Waals surface area contributed by atoms with Gasteiger partial charge in [0.2, 0.25) is 0 Å². The second-order valence-electron chi connectivity index (χ2n) is 8.09. The van der Waals surface area contributed by atoms with Crippen molar-refractivity contribution in [2.45, 2.75) is 19.9 Å². The highest BCUT2D eigenvalue weighted by Crippen LogP contribution is 2.51. The van der Waals surface area contributed by atoms with E-state index in [1.807, 2.05) is 12.1 Å². The first-order chi connectivity index (χ1) is 12.3. The molecule has 0 saturated carbocycles. The number of para-hydroxylation sites is 1. The van der Waals surface area contributed by atoms with E-state index in [2.05, 4.69) is 81.1 Å². The third-order valence-electron chi connectivity index (χ3n) is 5.30. The number of hydrogen-bond donors (Lipinski definition) is 0. The summed E-state index contributed by atoms with van der Waals surface area (Å²) in [6.45, 7) is 4.44. The smallest absolute Gasteiger partial charge is 0.135 e. The van der Waals surface area contributed by atoms with E-state index >= 15 is 0 Å². The highest BCUT2D eigenvalue weighted by atomic mass is 32.3. The van der Waals surface area contributed by atoms with Crippen LogP contribution in [0.1, 0.15) is 24.1 Å². The van der Waals surface area contributed by atoms with Crippen LogP contribution >= 0.6 is 10.0 Å². The summed E-state index contributed by atoms with van der Waals surface area (Å²) in [6.07, 6.45) is 11.9. The third-order valence-corrected chi connectivity index (χ3v) is 7.05. The van der Waals surface area contributed by atoms with Gasteiger partial charge in [-0.15, -0.1) is 0 Å². The average Bonchev–Trinajstić information content (AvgIpc) is 2.92. The molecule has 3 aromatic rings. The molecule has 0 N–H and O–H groups in total. The Hall–Kier alpha value is -2.13. The van der Waals surface area contributed by atoms with Crippen LogP contribution in [0.5, 0.6) is 0 Å². The number of fused-ring (bicyclic) bond motifs is 3. The molecule has 26 heavy (non-hydrogen) atoms. The van der Waals surface area contributed by atoms with Crippen LogP contribution in [0, 0.1) is 6.92 Å². The van der Waals surface area contributed by atoms with Gasteiger partial charge in [-0.1, -0.05) is 24.3 Å². The molecule has 136 valence electrons. The minimum absolute atomic E-state index is 0.263. The van der Waals surface area contributed by atoms with Gasteiger partial charge >= 0.3 is 0 Å². The summed E-state index contributed by atoms with van der Waals surface area (Å²) in [5.41, 5.74) is 5.97. The van der Waals surface area contributed by atoms with Gasteiger partial charge in [0.15, 0.2) is 0 Å². The number of allylic oxidation sites excluding steroid dienone is 1. The van der Waals surface area contributed by atoms with Crippen LogP contribution < -0.4 is 0 Å². The normalized spacial score (nSPS) is 19.0. The van der Waals surface area contributed by atoms with Gasteiger partial charge in [0.1, 0.15) is 11.2 Å². The predicted octanol–water partition coefficient (Wildman–Crippen LogP) is 6.36. The Labute approximate surface area is 157 Å². The summed E-state index contributed by atoms with van der Waals surface area (Å²) in [4.78, 5) is 3.85. The second-order valence-corrected chi connectivity index (χ2v) is 12.2. The first-order valence-electron chi connectivity index (χ1n) is 8.98. The summed E-state index contributed by atoms with van der Waals surface area (Å²) in [5, 5.41) is 2.40. The van der Waals surface area contributed by atoms with E-state index in [9.17, 15) is 0 Å². The molecular weight excluding hydrogens is 338 g/mol. The van der Waals surface area contributed by atoms with Crippen molar-refractivity contribution in [3.05, 3.63) is 70.3 Å². The van der Waals surface area contributed by atoms with Crippen molar-refractivity contribution >= 4 is 32.0 Å². The SMILES string of the molecule is CC1=CC(c2cc3c(cc2C)oc2ccccc23)N(C)C=C1S(C)(C)C. The maximum Gasteiger partial charge on any atom is 0.135 e. The molecule has 1 aromatic heterocycles. The Bertz CT molecular complexity index is 1060. The number of rotatable bonds is 2. The van der Waals surface area contributed by atoms with Gasteiger partial charge in [0.05, 0.1) is 6.04 Å². The van der Waals surface area contributed by atoms with Crippen molar-refractivity contribution in [1.82, 2.24) is 4.90 Å². The Morgan fingerprint density at radius 1 is 0.962 bits per heavy atom. The topological polar surface area (TPSA) is 16.4 Å². The van der Waals surface area contributed by atoms with Crippen molar-refractivity contribution < 1.29 is 4.42 Å². The highest BCUT2D eigenvalue weighted by Gasteiger charge is 2.25. The number of aryl methyl sites for hydroxylation is 1. The molecule has 4 rings (SSSR count).